The summed E-state index contributed by atoms with van der Waals surface area (Å²) in [5.74, 6) is 1.21. The highest BCUT2D eigenvalue weighted by Crippen LogP contribution is 2.27. The van der Waals surface area contributed by atoms with E-state index < -0.39 is 0 Å². The predicted octanol–water partition coefficient (Wildman–Crippen LogP) is 3.66. The zero-order valence-corrected chi connectivity index (χ0v) is 16.5. The van der Waals surface area contributed by atoms with Gasteiger partial charge >= 0.3 is 0 Å². The summed E-state index contributed by atoms with van der Waals surface area (Å²) < 4.78 is 2.05. The summed E-state index contributed by atoms with van der Waals surface area (Å²) in [6, 6.07) is 21.4. The van der Waals surface area contributed by atoms with E-state index in [1.165, 1.54) is 11.1 Å². The van der Waals surface area contributed by atoms with Crippen molar-refractivity contribution in [1.82, 2.24) is 20.2 Å². The summed E-state index contributed by atoms with van der Waals surface area (Å²) in [5.41, 5.74) is 2.67. The number of hydrogen-bond donors (Lipinski definition) is 2. The molecule has 1 heterocycles. The molecule has 0 bridgehead atoms. The van der Waals surface area contributed by atoms with Crippen molar-refractivity contribution >= 4 is 5.96 Å². The molecular formula is C23H29N5. The summed E-state index contributed by atoms with van der Waals surface area (Å²) in [7, 11) is 0. The lowest BCUT2D eigenvalue weighted by atomic mass is 9.89. The van der Waals surface area contributed by atoms with Gasteiger partial charge in [0.2, 0.25) is 0 Å². The van der Waals surface area contributed by atoms with Gasteiger partial charge in [-0.25, -0.2) is 4.98 Å². The standard InChI is InChI=1S/C23H29N5/c1-2-25-23(27-16-18-28-17-15-24-19-28)26-14-13-22(20-9-5-3-6-10-20)21-11-7-4-8-12-21/h3-12,15,17,19,22H,2,13-14,16,18H2,1H3,(H2,25,26,27). The van der Waals surface area contributed by atoms with Crippen molar-refractivity contribution in [3.05, 3.63) is 90.5 Å². The third-order valence-corrected chi connectivity index (χ3v) is 4.66. The molecular weight excluding hydrogens is 346 g/mol. The van der Waals surface area contributed by atoms with Crippen molar-refractivity contribution in [2.24, 2.45) is 4.99 Å². The largest absolute Gasteiger partial charge is 0.357 e. The third kappa shape index (κ3) is 5.98. The second kappa shape index (κ2) is 10.9. The summed E-state index contributed by atoms with van der Waals surface area (Å²) in [6.07, 6.45) is 6.56. The molecule has 0 amide bonds. The van der Waals surface area contributed by atoms with E-state index in [0.717, 1.165) is 38.6 Å². The molecule has 3 rings (SSSR count). The smallest absolute Gasteiger partial charge is 0.191 e. The molecule has 0 radical (unpaired) electrons. The van der Waals surface area contributed by atoms with Gasteiger partial charge in [-0.1, -0.05) is 60.7 Å². The zero-order valence-electron chi connectivity index (χ0n) is 16.5. The number of hydrogen-bond acceptors (Lipinski definition) is 2. The molecule has 0 fully saturated rings. The molecule has 5 heteroatoms. The maximum atomic E-state index is 4.79. The number of guanidine groups is 1. The lowest BCUT2D eigenvalue weighted by Crippen LogP contribution is -2.39. The summed E-state index contributed by atoms with van der Waals surface area (Å²) >= 11 is 0. The molecule has 0 spiro atoms. The molecule has 0 saturated carbocycles. The molecule has 2 N–H and O–H groups in total. The SMILES string of the molecule is CCNC(=NCCC(c1ccccc1)c1ccccc1)NCCn1ccnc1. The summed E-state index contributed by atoms with van der Waals surface area (Å²) in [4.78, 5) is 8.86. The van der Waals surface area contributed by atoms with Crippen molar-refractivity contribution in [3.8, 4) is 0 Å². The first-order chi connectivity index (χ1) is 13.9. The van der Waals surface area contributed by atoms with Gasteiger partial charge in [0.1, 0.15) is 0 Å². The third-order valence-electron chi connectivity index (χ3n) is 4.66. The van der Waals surface area contributed by atoms with Gasteiger partial charge in [0.05, 0.1) is 6.33 Å². The van der Waals surface area contributed by atoms with Crippen LogP contribution < -0.4 is 10.6 Å². The van der Waals surface area contributed by atoms with Crippen LogP contribution in [0.3, 0.4) is 0 Å². The fourth-order valence-corrected chi connectivity index (χ4v) is 3.27. The molecule has 0 unspecified atom stereocenters. The molecule has 0 atom stereocenters. The van der Waals surface area contributed by atoms with Crippen LogP contribution in [0.4, 0.5) is 0 Å². The maximum Gasteiger partial charge on any atom is 0.191 e. The van der Waals surface area contributed by atoms with Crippen molar-refractivity contribution in [3.63, 3.8) is 0 Å². The molecule has 5 nitrogen and oxygen atoms in total. The molecule has 0 saturated heterocycles. The van der Waals surface area contributed by atoms with Crippen LogP contribution in [0.1, 0.15) is 30.4 Å². The number of aliphatic imine (C=N–C) groups is 1. The van der Waals surface area contributed by atoms with Crippen LogP contribution in [-0.2, 0) is 6.54 Å². The number of benzene rings is 2. The Labute approximate surface area is 167 Å². The Kier molecular flexibility index (Phi) is 7.67. The number of nitrogens with zero attached hydrogens (tertiary/aromatic N) is 3. The van der Waals surface area contributed by atoms with Crippen LogP contribution in [0.15, 0.2) is 84.4 Å². The first kappa shape index (κ1) is 19.7. The minimum atomic E-state index is 0.347. The highest BCUT2D eigenvalue weighted by atomic mass is 15.2. The number of imidazole rings is 1. The van der Waals surface area contributed by atoms with E-state index >= 15 is 0 Å². The highest BCUT2D eigenvalue weighted by Gasteiger charge is 2.13. The fraction of sp³-hybridized carbons (Fsp3) is 0.304. The Bertz CT molecular complexity index is 773. The lowest BCUT2D eigenvalue weighted by molar-refractivity contribution is 0.658. The van der Waals surface area contributed by atoms with Gasteiger partial charge in [0.25, 0.3) is 0 Å². The van der Waals surface area contributed by atoms with E-state index in [0.29, 0.717) is 5.92 Å². The second-order valence-electron chi connectivity index (χ2n) is 6.65. The molecule has 0 aliphatic rings. The summed E-state index contributed by atoms with van der Waals surface area (Å²) in [5, 5.41) is 6.73. The van der Waals surface area contributed by atoms with Gasteiger partial charge in [0, 0.05) is 44.5 Å². The van der Waals surface area contributed by atoms with E-state index in [1.54, 1.807) is 6.20 Å². The first-order valence-corrected chi connectivity index (χ1v) is 9.94. The van der Waals surface area contributed by atoms with E-state index in [9.17, 15) is 0 Å². The van der Waals surface area contributed by atoms with Gasteiger partial charge in [0.15, 0.2) is 5.96 Å². The first-order valence-electron chi connectivity index (χ1n) is 9.94. The van der Waals surface area contributed by atoms with Gasteiger partial charge in [-0.15, -0.1) is 0 Å². The highest BCUT2D eigenvalue weighted by molar-refractivity contribution is 5.79. The Morgan fingerprint density at radius 2 is 1.68 bits per heavy atom. The number of rotatable bonds is 9. The van der Waals surface area contributed by atoms with Crippen LogP contribution in [0.5, 0.6) is 0 Å². The van der Waals surface area contributed by atoms with E-state index in [2.05, 4.69) is 87.8 Å². The molecule has 3 aromatic rings. The molecule has 0 aliphatic carbocycles. The Morgan fingerprint density at radius 1 is 1.00 bits per heavy atom. The fourth-order valence-electron chi connectivity index (χ4n) is 3.27. The Hall–Kier alpha value is -3.08. The number of nitrogens with one attached hydrogen (secondary N) is 2. The van der Waals surface area contributed by atoms with Crippen LogP contribution in [0.2, 0.25) is 0 Å². The van der Waals surface area contributed by atoms with Crippen LogP contribution in [0, 0.1) is 0 Å². The van der Waals surface area contributed by atoms with E-state index in [-0.39, 0.29) is 0 Å². The van der Waals surface area contributed by atoms with Crippen LogP contribution in [0.25, 0.3) is 0 Å². The number of aromatic nitrogens is 2. The average Bonchev–Trinajstić information content (AvgIpc) is 3.26. The van der Waals surface area contributed by atoms with Crippen molar-refractivity contribution in [2.75, 3.05) is 19.6 Å². The lowest BCUT2D eigenvalue weighted by Gasteiger charge is -2.18. The normalized spacial score (nSPS) is 11.6. The molecule has 0 aliphatic heterocycles. The van der Waals surface area contributed by atoms with Crippen LogP contribution >= 0.6 is 0 Å². The van der Waals surface area contributed by atoms with Crippen molar-refractivity contribution in [2.45, 2.75) is 25.8 Å². The van der Waals surface area contributed by atoms with Gasteiger partial charge < -0.3 is 15.2 Å². The van der Waals surface area contributed by atoms with Gasteiger partial charge in [-0.05, 0) is 24.5 Å². The van der Waals surface area contributed by atoms with Gasteiger partial charge in [-0.2, -0.15) is 0 Å². The monoisotopic (exact) mass is 375 g/mol. The minimum Gasteiger partial charge on any atom is -0.357 e. The van der Waals surface area contributed by atoms with E-state index in [4.69, 9.17) is 4.99 Å². The second-order valence-corrected chi connectivity index (χ2v) is 6.65. The van der Waals surface area contributed by atoms with E-state index in [1.807, 2.05) is 12.5 Å². The minimum absolute atomic E-state index is 0.347. The maximum absolute atomic E-state index is 4.79. The topological polar surface area (TPSA) is 54.2 Å². The van der Waals surface area contributed by atoms with Crippen molar-refractivity contribution < 1.29 is 0 Å². The molecule has 1 aromatic heterocycles. The average molecular weight is 376 g/mol. The van der Waals surface area contributed by atoms with Crippen molar-refractivity contribution in [1.29, 1.82) is 0 Å². The zero-order chi connectivity index (χ0) is 19.4. The molecule has 28 heavy (non-hydrogen) atoms. The summed E-state index contributed by atoms with van der Waals surface area (Å²) in [6.45, 7) is 5.36. The molecule has 2 aromatic carbocycles. The van der Waals surface area contributed by atoms with Crippen LogP contribution in [-0.4, -0.2) is 35.1 Å². The van der Waals surface area contributed by atoms with Gasteiger partial charge in [-0.3, -0.25) is 4.99 Å². The Balaban J connectivity index is 1.61. The predicted molar refractivity (Wildman–Crippen MR) is 116 cm³/mol. The Morgan fingerprint density at radius 3 is 2.25 bits per heavy atom. The quantitative estimate of drug-likeness (QED) is 0.443. The molecule has 146 valence electrons.